The first kappa shape index (κ1) is 16.2. The number of nitrogens with one attached hydrogen (secondary N) is 2. The lowest BCUT2D eigenvalue weighted by Gasteiger charge is -2.12. The Hall–Kier alpha value is -0.860. The van der Waals surface area contributed by atoms with E-state index in [0.717, 1.165) is 4.31 Å². The third-order valence-corrected chi connectivity index (χ3v) is 3.95. The van der Waals surface area contributed by atoms with Gasteiger partial charge in [0.1, 0.15) is 0 Å². The predicted octanol–water partition coefficient (Wildman–Crippen LogP) is 1.33. The Labute approximate surface area is 121 Å². The molecule has 1 aromatic carbocycles. The summed E-state index contributed by atoms with van der Waals surface area (Å²) in [6.45, 7) is -0.384. The maximum atomic E-state index is 11.6. The van der Waals surface area contributed by atoms with E-state index in [4.69, 9.17) is 23.2 Å². The molecule has 19 heavy (non-hydrogen) atoms. The highest BCUT2D eigenvalue weighted by molar-refractivity contribution is 7.87. The number of hydrogen-bond acceptors (Lipinski definition) is 3. The van der Waals surface area contributed by atoms with Crippen LogP contribution in [-0.2, 0) is 15.0 Å². The lowest BCUT2D eigenvalue weighted by molar-refractivity contribution is -0.115. The minimum atomic E-state index is -3.63. The summed E-state index contributed by atoms with van der Waals surface area (Å²) in [7, 11) is -0.915. The standard InChI is InChI=1S/C10H13Cl2N3O3S/c1-15(2)19(17,18)13-6-10(16)14-9-4-7(11)3-8(12)5-9/h3-5,13H,6H2,1-2H3,(H,14,16). The first-order chi connectivity index (χ1) is 8.70. The fourth-order valence-electron chi connectivity index (χ4n) is 1.12. The summed E-state index contributed by atoms with van der Waals surface area (Å²) in [5.74, 6) is -0.524. The summed E-state index contributed by atoms with van der Waals surface area (Å²) in [4.78, 5) is 11.6. The molecule has 0 aliphatic carbocycles. The number of anilines is 1. The summed E-state index contributed by atoms with van der Waals surface area (Å²) in [5, 5.41) is 3.23. The van der Waals surface area contributed by atoms with E-state index in [2.05, 4.69) is 10.0 Å². The van der Waals surface area contributed by atoms with Gasteiger partial charge < -0.3 is 5.32 Å². The van der Waals surface area contributed by atoms with Crippen LogP contribution in [0.5, 0.6) is 0 Å². The molecule has 0 spiro atoms. The quantitative estimate of drug-likeness (QED) is 0.857. The number of halogens is 2. The highest BCUT2D eigenvalue weighted by atomic mass is 35.5. The third-order valence-electron chi connectivity index (χ3n) is 2.04. The van der Waals surface area contributed by atoms with Crippen LogP contribution in [-0.4, -0.2) is 39.3 Å². The lowest BCUT2D eigenvalue weighted by Crippen LogP contribution is -2.40. The first-order valence-corrected chi connectivity index (χ1v) is 7.33. The topological polar surface area (TPSA) is 78.5 Å². The molecular weight excluding hydrogens is 313 g/mol. The Kier molecular flexibility index (Phi) is 5.57. The molecule has 0 atom stereocenters. The van der Waals surface area contributed by atoms with Crippen molar-refractivity contribution in [3.63, 3.8) is 0 Å². The fraction of sp³-hybridized carbons (Fsp3) is 0.300. The number of rotatable bonds is 5. The van der Waals surface area contributed by atoms with E-state index in [9.17, 15) is 13.2 Å². The van der Waals surface area contributed by atoms with E-state index in [1.807, 2.05) is 0 Å². The number of amides is 1. The zero-order valence-electron chi connectivity index (χ0n) is 10.3. The second-order valence-corrected chi connectivity index (χ2v) is 6.66. The molecule has 0 saturated carbocycles. The Morgan fingerprint density at radius 1 is 1.21 bits per heavy atom. The average Bonchev–Trinajstić information content (AvgIpc) is 2.24. The third kappa shape index (κ3) is 5.33. The van der Waals surface area contributed by atoms with Crippen molar-refractivity contribution in [2.45, 2.75) is 0 Å². The van der Waals surface area contributed by atoms with Crippen LogP contribution in [0.3, 0.4) is 0 Å². The molecule has 9 heteroatoms. The second-order valence-electron chi connectivity index (χ2n) is 3.81. The van der Waals surface area contributed by atoms with Crippen molar-refractivity contribution in [3.8, 4) is 0 Å². The molecule has 1 rings (SSSR count). The van der Waals surface area contributed by atoms with Crippen molar-refractivity contribution in [2.75, 3.05) is 26.0 Å². The maximum Gasteiger partial charge on any atom is 0.279 e. The van der Waals surface area contributed by atoms with E-state index in [1.54, 1.807) is 0 Å². The molecule has 0 aliphatic heterocycles. The monoisotopic (exact) mass is 325 g/mol. The molecule has 0 heterocycles. The molecular formula is C10H13Cl2N3O3S. The summed E-state index contributed by atoms with van der Waals surface area (Å²) in [6.07, 6.45) is 0. The van der Waals surface area contributed by atoms with Gasteiger partial charge in [-0.25, -0.2) is 0 Å². The molecule has 0 unspecified atom stereocenters. The van der Waals surface area contributed by atoms with Gasteiger partial charge in [-0.1, -0.05) is 23.2 Å². The van der Waals surface area contributed by atoms with Crippen LogP contribution in [0.4, 0.5) is 5.69 Å². The Morgan fingerprint density at radius 2 is 1.74 bits per heavy atom. The van der Waals surface area contributed by atoms with Crippen molar-refractivity contribution in [2.24, 2.45) is 0 Å². The van der Waals surface area contributed by atoms with E-state index in [1.165, 1.54) is 32.3 Å². The number of carbonyl (C=O) groups excluding carboxylic acids is 1. The largest absolute Gasteiger partial charge is 0.325 e. The average molecular weight is 326 g/mol. The first-order valence-electron chi connectivity index (χ1n) is 5.14. The van der Waals surface area contributed by atoms with Crippen LogP contribution in [0.15, 0.2) is 18.2 Å². The molecule has 0 aromatic heterocycles. The Bertz CT molecular complexity index is 555. The minimum Gasteiger partial charge on any atom is -0.325 e. The van der Waals surface area contributed by atoms with Gasteiger partial charge in [0, 0.05) is 29.8 Å². The van der Waals surface area contributed by atoms with Crippen LogP contribution in [0.2, 0.25) is 10.0 Å². The molecule has 2 N–H and O–H groups in total. The predicted molar refractivity (Wildman–Crippen MR) is 75.7 cm³/mol. The zero-order chi connectivity index (χ0) is 14.6. The van der Waals surface area contributed by atoms with Crippen molar-refractivity contribution in [1.82, 2.24) is 9.03 Å². The normalized spacial score (nSPS) is 11.6. The summed E-state index contributed by atoms with van der Waals surface area (Å²) in [6, 6.07) is 4.53. The molecule has 106 valence electrons. The molecule has 0 aliphatic rings. The van der Waals surface area contributed by atoms with Crippen LogP contribution in [0.1, 0.15) is 0 Å². The van der Waals surface area contributed by atoms with E-state index < -0.39 is 16.1 Å². The highest BCUT2D eigenvalue weighted by Gasteiger charge is 2.14. The number of nitrogens with zero attached hydrogens (tertiary/aromatic N) is 1. The van der Waals surface area contributed by atoms with E-state index in [-0.39, 0.29) is 6.54 Å². The maximum absolute atomic E-state index is 11.6. The SMILES string of the molecule is CN(C)S(=O)(=O)NCC(=O)Nc1cc(Cl)cc(Cl)c1. The van der Waals surface area contributed by atoms with E-state index >= 15 is 0 Å². The van der Waals surface area contributed by atoms with Crippen LogP contribution in [0, 0.1) is 0 Å². The zero-order valence-corrected chi connectivity index (χ0v) is 12.6. The molecule has 0 bridgehead atoms. The summed E-state index contributed by atoms with van der Waals surface area (Å²) < 4.78 is 25.9. The fourth-order valence-corrected chi connectivity index (χ4v) is 2.21. The van der Waals surface area contributed by atoms with Gasteiger partial charge in [-0.3, -0.25) is 4.79 Å². The van der Waals surface area contributed by atoms with Gasteiger partial charge in [0.15, 0.2) is 0 Å². The lowest BCUT2D eigenvalue weighted by atomic mass is 10.3. The van der Waals surface area contributed by atoms with Gasteiger partial charge in [0.25, 0.3) is 10.2 Å². The van der Waals surface area contributed by atoms with Gasteiger partial charge in [-0.15, -0.1) is 0 Å². The molecule has 1 aromatic rings. The van der Waals surface area contributed by atoms with Gasteiger partial charge in [-0.2, -0.15) is 17.4 Å². The number of carbonyl (C=O) groups is 1. The van der Waals surface area contributed by atoms with Gasteiger partial charge in [0.05, 0.1) is 6.54 Å². The van der Waals surface area contributed by atoms with Gasteiger partial charge >= 0.3 is 0 Å². The molecule has 0 fully saturated rings. The van der Waals surface area contributed by atoms with Gasteiger partial charge in [0.2, 0.25) is 5.91 Å². The second kappa shape index (κ2) is 6.53. The highest BCUT2D eigenvalue weighted by Crippen LogP contribution is 2.22. The van der Waals surface area contributed by atoms with Crippen molar-refractivity contribution in [1.29, 1.82) is 0 Å². The smallest absolute Gasteiger partial charge is 0.279 e. The molecule has 6 nitrogen and oxygen atoms in total. The molecule has 1 amide bonds. The number of benzene rings is 1. The van der Waals surface area contributed by atoms with Crippen LogP contribution < -0.4 is 10.0 Å². The van der Waals surface area contributed by atoms with Crippen molar-refractivity contribution < 1.29 is 13.2 Å². The Balaban J connectivity index is 2.61. The molecule has 0 saturated heterocycles. The number of hydrogen-bond donors (Lipinski definition) is 2. The Morgan fingerprint density at radius 3 is 2.21 bits per heavy atom. The van der Waals surface area contributed by atoms with Crippen LogP contribution >= 0.6 is 23.2 Å². The van der Waals surface area contributed by atoms with Crippen molar-refractivity contribution >= 4 is 45.0 Å². The van der Waals surface area contributed by atoms with Gasteiger partial charge in [-0.05, 0) is 18.2 Å². The van der Waals surface area contributed by atoms with Crippen molar-refractivity contribution in [3.05, 3.63) is 28.2 Å². The summed E-state index contributed by atoms with van der Waals surface area (Å²) in [5.41, 5.74) is 0.395. The van der Waals surface area contributed by atoms with E-state index in [0.29, 0.717) is 15.7 Å². The summed E-state index contributed by atoms with van der Waals surface area (Å²) >= 11 is 11.5. The van der Waals surface area contributed by atoms with Crippen LogP contribution in [0.25, 0.3) is 0 Å². The minimum absolute atomic E-state index is 0.372. The molecule has 0 radical (unpaired) electrons.